The zero-order chi connectivity index (χ0) is 15.3. The molecule has 0 aromatic heterocycles. The summed E-state index contributed by atoms with van der Waals surface area (Å²) in [7, 11) is -3.29. The second kappa shape index (κ2) is 7.10. The minimum Gasteiger partial charge on any atom is -0.386 e. The van der Waals surface area contributed by atoms with Gasteiger partial charge in [0.25, 0.3) is 0 Å². The van der Waals surface area contributed by atoms with Gasteiger partial charge in [-0.1, -0.05) is 31.3 Å². The van der Waals surface area contributed by atoms with E-state index in [4.69, 9.17) is 12.2 Å². The maximum Gasteiger partial charge on any atom is 0.175 e. The minimum absolute atomic E-state index is 0.155. The molecule has 20 heavy (non-hydrogen) atoms. The van der Waals surface area contributed by atoms with Gasteiger partial charge in [0.05, 0.1) is 15.9 Å². The van der Waals surface area contributed by atoms with E-state index in [0.717, 1.165) is 6.26 Å². The lowest BCUT2D eigenvalue weighted by atomic mass is 10.0. The first-order valence-electron chi connectivity index (χ1n) is 6.13. The zero-order valence-electron chi connectivity index (χ0n) is 11.3. The molecule has 2 atom stereocenters. The lowest BCUT2D eigenvalue weighted by Gasteiger charge is -2.23. The summed E-state index contributed by atoms with van der Waals surface area (Å²) in [4.78, 5) is 0.627. The number of hydrogen-bond acceptors (Lipinski definition) is 4. The summed E-state index contributed by atoms with van der Waals surface area (Å²) in [6, 6.07) is 4.88. The maximum absolute atomic E-state index is 13.0. The largest absolute Gasteiger partial charge is 0.386 e. The summed E-state index contributed by atoms with van der Waals surface area (Å²) in [5, 5.41) is 12.9. The van der Waals surface area contributed by atoms with E-state index >= 15 is 0 Å². The number of aliphatic hydroxyl groups is 1. The van der Waals surface area contributed by atoms with Crippen LogP contribution in [0.5, 0.6) is 0 Å². The SMILES string of the molecule is CCC(=S)NC(CF)C(O)c1ccc(S(C)(=O)=O)cc1. The molecule has 2 N–H and O–H groups in total. The molecule has 0 fully saturated rings. The van der Waals surface area contributed by atoms with Crippen molar-refractivity contribution in [3.63, 3.8) is 0 Å². The van der Waals surface area contributed by atoms with E-state index in [0.29, 0.717) is 17.0 Å². The van der Waals surface area contributed by atoms with E-state index in [1.807, 2.05) is 6.92 Å². The molecule has 0 saturated heterocycles. The van der Waals surface area contributed by atoms with Crippen molar-refractivity contribution >= 4 is 27.0 Å². The lowest BCUT2D eigenvalue weighted by Crippen LogP contribution is -2.39. The number of rotatable bonds is 6. The van der Waals surface area contributed by atoms with E-state index in [-0.39, 0.29) is 4.90 Å². The normalized spacial score (nSPS) is 14.6. The Morgan fingerprint density at radius 2 is 1.95 bits per heavy atom. The fourth-order valence-corrected chi connectivity index (χ4v) is 2.44. The van der Waals surface area contributed by atoms with Crippen LogP contribution in [-0.2, 0) is 9.84 Å². The van der Waals surface area contributed by atoms with Crippen LogP contribution in [0.3, 0.4) is 0 Å². The molecule has 1 aromatic carbocycles. The Bertz CT molecular complexity index is 557. The van der Waals surface area contributed by atoms with E-state index in [9.17, 15) is 17.9 Å². The van der Waals surface area contributed by atoms with Gasteiger partial charge >= 0.3 is 0 Å². The van der Waals surface area contributed by atoms with Gasteiger partial charge in [0.2, 0.25) is 0 Å². The van der Waals surface area contributed by atoms with E-state index in [1.165, 1.54) is 24.3 Å². The van der Waals surface area contributed by atoms with Gasteiger partial charge < -0.3 is 10.4 Å². The molecule has 0 aliphatic carbocycles. The fourth-order valence-electron chi connectivity index (χ4n) is 1.66. The molecule has 0 amide bonds. The van der Waals surface area contributed by atoms with Crippen molar-refractivity contribution in [2.75, 3.05) is 12.9 Å². The van der Waals surface area contributed by atoms with Crippen molar-refractivity contribution in [2.45, 2.75) is 30.4 Å². The van der Waals surface area contributed by atoms with Crippen LogP contribution in [0, 0.1) is 0 Å². The van der Waals surface area contributed by atoms with E-state index < -0.39 is 28.7 Å². The van der Waals surface area contributed by atoms with Crippen LogP contribution in [-0.4, -0.2) is 37.5 Å². The van der Waals surface area contributed by atoms with Gasteiger partial charge in [-0.05, 0) is 24.1 Å². The molecule has 0 aliphatic rings. The first-order chi connectivity index (χ1) is 9.29. The number of thiocarbonyl (C=S) groups is 1. The molecule has 0 heterocycles. The maximum atomic E-state index is 13.0. The summed E-state index contributed by atoms with van der Waals surface area (Å²) in [6.07, 6.45) is 0.563. The smallest absolute Gasteiger partial charge is 0.175 e. The quantitative estimate of drug-likeness (QED) is 0.783. The summed E-state index contributed by atoms with van der Waals surface area (Å²) >= 11 is 4.97. The second-order valence-corrected chi connectivity index (χ2v) is 6.98. The highest BCUT2D eigenvalue weighted by atomic mass is 32.2. The van der Waals surface area contributed by atoms with Crippen LogP contribution < -0.4 is 5.32 Å². The highest BCUT2D eigenvalue weighted by Gasteiger charge is 2.21. The fraction of sp³-hybridized carbons (Fsp3) is 0.462. The number of alkyl halides is 1. The summed E-state index contributed by atoms with van der Waals surface area (Å²) in [5.74, 6) is 0. The molecule has 112 valence electrons. The third kappa shape index (κ3) is 4.50. The second-order valence-electron chi connectivity index (χ2n) is 4.47. The number of halogens is 1. The predicted molar refractivity (Wildman–Crippen MR) is 80.3 cm³/mol. The summed E-state index contributed by atoms with van der Waals surface area (Å²) in [6.45, 7) is 1.05. The van der Waals surface area contributed by atoms with Crippen LogP contribution in [0.25, 0.3) is 0 Å². The monoisotopic (exact) mass is 319 g/mol. The third-order valence-electron chi connectivity index (χ3n) is 2.86. The zero-order valence-corrected chi connectivity index (χ0v) is 13.0. The minimum atomic E-state index is -3.29. The first kappa shape index (κ1) is 17.0. The van der Waals surface area contributed by atoms with Gasteiger partial charge in [-0.2, -0.15) is 0 Å². The number of sulfone groups is 1. The number of hydrogen-bond donors (Lipinski definition) is 2. The standard InChI is InChI=1S/C13H18FNO3S2/c1-3-12(19)15-11(8-14)13(16)9-4-6-10(7-5-9)20(2,17)18/h4-7,11,13,16H,3,8H2,1-2H3,(H,15,19). The van der Waals surface area contributed by atoms with Crippen molar-refractivity contribution in [1.29, 1.82) is 0 Å². The predicted octanol–water partition coefficient (Wildman–Crippen LogP) is 1.79. The van der Waals surface area contributed by atoms with Gasteiger partial charge in [0.1, 0.15) is 12.8 Å². The Morgan fingerprint density at radius 1 is 1.40 bits per heavy atom. The highest BCUT2D eigenvalue weighted by Crippen LogP contribution is 2.20. The molecule has 0 radical (unpaired) electrons. The third-order valence-corrected chi connectivity index (χ3v) is 4.40. The molecule has 1 rings (SSSR count). The van der Waals surface area contributed by atoms with E-state index in [1.54, 1.807) is 0 Å². The van der Waals surface area contributed by atoms with Gasteiger partial charge in [-0.25, -0.2) is 12.8 Å². The summed E-state index contributed by atoms with van der Waals surface area (Å²) in [5.41, 5.74) is 0.437. The van der Waals surface area contributed by atoms with Crippen molar-refractivity contribution in [3.8, 4) is 0 Å². The van der Waals surface area contributed by atoms with Crippen LogP contribution in [0.1, 0.15) is 25.0 Å². The van der Waals surface area contributed by atoms with Crippen molar-refractivity contribution in [3.05, 3.63) is 29.8 Å². The van der Waals surface area contributed by atoms with Crippen LogP contribution >= 0.6 is 12.2 Å². The van der Waals surface area contributed by atoms with Gasteiger partial charge in [-0.3, -0.25) is 0 Å². The Kier molecular flexibility index (Phi) is 6.04. The molecule has 7 heteroatoms. The molecule has 0 saturated carbocycles. The Morgan fingerprint density at radius 3 is 2.35 bits per heavy atom. The molecule has 0 bridgehead atoms. The first-order valence-corrected chi connectivity index (χ1v) is 8.43. The average Bonchev–Trinajstić information content (AvgIpc) is 2.42. The van der Waals surface area contributed by atoms with Crippen LogP contribution in [0.15, 0.2) is 29.2 Å². The van der Waals surface area contributed by atoms with Gasteiger partial charge in [0.15, 0.2) is 9.84 Å². The molecule has 0 aliphatic heterocycles. The molecule has 0 spiro atoms. The Hall–Kier alpha value is -1.05. The summed E-state index contributed by atoms with van der Waals surface area (Å²) < 4.78 is 35.7. The average molecular weight is 319 g/mol. The van der Waals surface area contributed by atoms with Crippen molar-refractivity contribution in [1.82, 2.24) is 5.32 Å². The number of nitrogens with one attached hydrogen (secondary N) is 1. The molecule has 1 aromatic rings. The number of benzene rings is 1. The van der Waals surface area contributed by atoms with E-state index in [2.05, 4.69) is 5.32 Å². The molecular formula is C13H18FNO3S2. The molecule has 4 nitrogen and oxygen atoms in total. The number of aliphatic hydroxyl groups excluding tert-OH is 1. The van der Waals surface area contributed by atoms with Crippen molar-refractivity contribution < 1.29 is 17.9 Å². The van der Waals surface area contributed by atoms with Crippen LogP contribution in [0.2, 0.25) is 0 Å². The molecule has 2 unspecified atom stereocenters. The van der Waals surface area contributed by atoms with Gasteiger partial charge in [0, 0.05) is 6.26 Å². The topological polar surface area (TPSA) is 66.4 Å². The Balaban J connectivity index is 2.90. The van der Waals surface area contributed by atoms with Crippen molar-refractivity contribution in [2.24, 2.45) is 0 Å². The molecular weight excluding hydrogens is 301 g/mol. The van der Waals surface area contributed by atoms with Gasteiger partial charge in [-0.15, -0.1) is 0 Å². The highest BCUT2D eigenvalue weighted by molar-refractivity contribution is 7.90. The van der Waals surface area contributed by atoms with Crippen LogP contribution in [0.4, 0.5) is 4.39 Å². The lowest BCUT2D eigenvalue weighted by molar-refractivity contribution is 0.123. The Labute approximate surface area is 123 Å².